The summed E-state index contributed by atoms with van der Waals surface area (Å²) in [5.74, 6) is 0.394. The van der Waals surface area contributed by atoms with Gasteiger partial charge in [-0.25, -0.2) is 0 Å². The van der Waals surface area contributed by atoms with E-state index in [1.54, 1.807) is 0 Å². The molecule has 0 spiro atoms. The first-order valence-corrected chi connectivity index (χ1v) is 6.13. The van der Waals surface area contributed by atoms with Gasteiger partial charge in [-0.05, 0) is 6.42 Å². The molecule has 94 valence electrons. The van der Waals surface area contributed by atoms with Gasteiger partial charge in [-0.15, -0.1) is 0 Å². The topological polar surface area (TPSA) is 53.7 Å². The van der Waals surface area contributed by atoms with Crippen molar-refractivity contribution in [3.63, 3.8) is 0 Å². The minimum atomic E-state index is 0.394. The molecule has 1 saturated heterocycles. The Bertz CT molecular complexity index is 399. The van der Waals surface area contributed by atoms with E-state index in [-0.39, 0.29) is 0 Å². The van der Waals surface area contributed by atoms with Crippen molar-refractivity contribution < 1.29 is 5.21 Å². The second kappa shape index (κ2) is 5.31. The van der Waals surface area contributed by atoms with E-state index >= 15 is 0 Å². The summed E-state index contributed by atoms with van der Waals surface area (Å²) in [5, 5.41) is 16.5. The number of hydrogen-bond donors (Lipinski definition) is 1. The van der Waals surface area contributed by atoms with Crippen molar-refractivity contribution in [3.8, 4) is 0 Å². The fourth-order valence-corrected chi connectivity index (χ4v) is 2.44. The fraction of sp³-hybridized carbons (Fsp3) is 0.667. The van der Waals surface area contributed by atoms with Gasteiger partial charge in [0.15, 0.2) is 0 Å². The average Bonchev–Trinajstić information content (AvgIpc) is 2.74. The lowest BCUT2D eigenvalue weighted by atomic mass is 9.93. The van der Waals surface area contributed by atoms with Crippen molar-refractivity contribution in [2.24, 2.45) is 18.1 Å². The molecule has 0 amide bonds. The first kappa shape index (κ1) is 12.1. The highest BCUT2D eigenvalue weighted by molar-refractivity contribution is 5.87. The minimum absolute atomic E-state index is 0.394. The second-order valence-corrected chi connectivity index (χ2v) is 4.70. The van der Waals surface area contributed by atoms with Gasteiger partial charge in [-0.1, -0.05) is 12.1 Å². The fourth-order valence-electron chi connectivity index (χ4n) is 2.44. The molecule has 1 atom stereocenters. The molecule has 17 heavy (non-hydrogen) atoms. The van der Waals surface area contributed by atoms with Crippen LogP contribution < -0.4 is 0 Å². The van der Waals surface area contributed by atoms with Crippen LogP contribution in [0.4, 0.5) is 0 Å². The summed E-state index contributed by atoms with van der Waals surface area (Å²) in [5.41, 5.74) is 2.20. The summed E-state index contributed by atoms with van der Waals surface area (Å²) in [7, 11) is 1.94. The molecule has 1 aromatic rings. The molecule has 0 radical (unpaired) electrons. The third kappa shape index (κ3) is 2.85. The standard InChI is InChI=1S/C12H20N4O/c1-3-11-9-16(5-4-12(11)14-17)8-10-6-13-15(2)7-10/h6-7,11,17H,3-5,8-9H2,1-2H3. The lowest BCUT2D eigenvalue weighted by molar-refractivity contribution is 0.220. The first-order chi connectivity index (χ1) is 8.22. The van der Waals surface area contributed by atoms with E-state index in [0.29, 0.717) is 5.92 Å². The molecule has 1 unspecified atom stereocenters. The van der Waals surface area contributed by atoms with Crippen molar-refractivity contribution in [2.45, 2.75) is 26.3 Å². The smallest absolute Gasteiger partial charge is 0.0627 e. The maximum atomic E-state index is 8.93. The van der Waals surface area contributed by atoms with Crippen LogP contribution in [-0.2, 0) is 13.6 Å². The van der Waals surface area contributed by atoms with Crippen LogP contribution in [0, 0.1) is 5.92 Å². The Morgan fingerprint density at radius 3 is 3.00 bits per heavy atom. The molecule has 1 N–H and O–H groups in total. The molecule has 5 nitrogen and oxygen atoms in total. The number of oxime groups is 1. The quantitative estimate of drug-likeness (QED) is 0.639. The highest BCUT2D eigenvalue weighted by Crippen LogP contribution is 2.19. The largest absolute Gasteiger partial charge is 0.411 e. The molecule has 0 saturated carbocycles. The number of aryl methyl sites for hydroxylation is 1. The summed E-state index contributed by atoms with van der Waals surface area (Å²) in [6.45, 7) is 5.02. The second-order valence-electron chi connectivity index (χ2n) is 4.70. The lowest BCUT2D eigenvalue weighted by Gasteiger charge is -2.32. The Hall–Kier alpha value is -1.36. The van der Waals surface area contributed by atoms with Gasteiger partial charge in [-0.2, -0.15) is 5.10 Å². The van der Waals surface area contributed by atoms with Crippen molar-refractivity contribution in [1.29, 1.82) is 0 Å². The van der Waals surface area contributed by atoms with Crippen LogP contribution in [0.1, 0.15) is 25.3 Å². The maximum absolute atomic E-state index is 8.93. The van der Waals surface area contributed by atoms with Crippen LogP contribution in [-0.4, -0.2) is 38.7 Å². The van der Waals surface area contributed by atoms with Gasteiger partial charge in [0.25, 0.3) is 0 Å². The summed E-state index contributed by atoms with van der Waals surface area (Å²) < 4.78 is 1.83. The van der Waals surface area contributed by atoms with Gasteiger partial charge in [-0.3, -0.25) is 9.58 Å². The van der Waals surface area contributed by atoms with E-state index in [2.05, 4.69) is 28.3 Å². The highest BCUT2D eigenvalue weighted by Gasteiger charge is 2.24. The number of piperidine rings is 1. The Morgan fingerprint density at radius 2 is 2.41 bits per heavy atom. The van der Waals surface area contributed by atoms with Crippen LogP contribution >= 0.6 is 0 Å². The number of nitrogens with zero attached hydrogens (tertiary/aromatic N) is 4. The predicted molar refractivity (Wildman–Crippen MR) is 66.1 cm³/mol. The minimum Gasteiger partial charge on any atom is -0.411 e. The summed E-state index contributed by atoms with van der Waals surface area (Å²) in [4.78, 5) is 2.40. The molecule has 2 heterocycles. The van der Waals surface area contributed by atoms with Gasteiger partial charge in [0.1, 0.15) is 0 Å². The maximum Gasteiger partial charge on any atom is 0.0627 e. The van der Waals surface area contributed by atoms with Gasteiger partial charge in [0.2, 0.25) is 0 Å². The van der Waals surface area contributed by atoms with E-state index in [4.69, 9.17) is 5.21 Å². The zero-order valence-electron chi connectivity index (χ0n) is 10.5. The number of hydrogen-bond acceptors (Lipinski definition) is 4. The van der Waals surface area contributed by atoms with Crippen LogP contribution in [0.25, 0.3) is 0 Å². The summed E-state index contributed by atoms with van der Waals surface area (Å²) in [6.07, 6.45) is 5.87. The Balaban J connectivity index is 1.96. The lowest BCUT2D eigenvalue weighted by Crippen LogP contribution is -2.40. The van der Waals surface area contributed by atoms with Crippen LogP contribution in [0.3, 0.4) is 0 Å². The molecule has 2 rings (SSSR count). The zero-order chi connectivity index (χ0) is 12.3. The van der Waals surface area contributed by atoms with E-state index in [9.17, 15) is 0 Å². The number of aromatic nitrogens is 2. The van der Waals surface area contributed by atoms with E-state index in [1.165, 1.54) is 5.56 Å². The highest BCUT2D eigenvalue weighted by atomic mass is 16.4. The van der Waals surface area contributed by atoms with Crippen LogP contribution in [0.15, 0.2) is 17.5 Å². The van der Waals surface area contributed by atoms with Crippen molar-refractivity contribution >= 4 is 5.71 Å². The third-order valence-corrected chi connectivity index (χ3v) is 3.42. The van der Waals surface area contributed by atoms with E-state index < -0.39 is 0 Å². The normalized spacial score (nSPS) is 24.4. The molecule has 5 heteroatoms. The molecule has 1 aliphatic heterocycles. The first-order valence-electron chi connectivity index (χ1n) is 6.13. The molecule has 0 bridgehead atoms. The zero-order valence-corrected chi connectivity index (χ0v) is 10.5. The Morgan fingerprint density at radius 1 is 1.59 bits per heavy atom. The van der Waals surface area contributed by atoms with E-state index in [1.807, 2.05) is 17.9 Å². The molecule has 1 fully saturated rings. The van der Waals surface area contributed by atoms with Crippen LogP contribution in [0.5, 0.6) is 0 Å². The molecular formula is C12H20N4O. The van der Waals surface area contributed by atoms with E-state index in [0.717, 1.165) is 38.2 Å². The van der Waals surface area contributed by atoms with Crippen molar-refractivity contribution in [1.82, 2.24) is 14.7 Å². The summed E-state index contributed by atoms with van der Waals surface area (Å²) in [6, 6.07) is 0. The number of likely N-dealkylation sites (tertiary alicyclic amines) is 1. The van der Waals surface area contributed by atoms with Gasteiger partial charge in [0.05, 0.1) is 11.9 Å². The van der Waals surface area contributed by atoms with Gasteiger partial charge >= 0.3 is 0 Å². The number of rotatable bonds is 3. The van der Waals surface area contributed by atoms with Crippen molar-refractivity contribution in [3.05, 3.63) is 18.0 Å². The SMILES string of the molecule is CCC1CN(Cc2cnn(C)c2)CCC1=NO. The van der Waals surface area contributed by atoms with Gasteiger partial charge < -0.3 is 5.21 Å². The predicted octanol–water partition coefficient (Wildman–Crippen LogP) is 1.48. The third-order valence-electron chi connectivity index (χ3n) is 3.42. The summed E-state index contributed by atoms with van der Waals surface area (Å²) >= 11 is 0. The molecule has 0 aliphatic carbocycles. The Labute approximate surface area is 102 Å². The monoisotopic (exact) mass is 236 g/mol. The molecular weight excluding hydrogens is 216 g/mol. The van der Waals surface area contributed by atoms with Gasteiger partial charge in [0, 0.05) is 50.8 Å². The molecule has 1 aliphatic rings. The molecule has 0 aromatic carbocycles. The Kier molecular flexibility index (Phi) is 3.78. The molecule has 1 aromatic heterocycles. The average molecular weight is 236 g/mol. The van der Waals surface area contributed by atoms with Crippen molar-refractivity contribution in [2.75, 3.05) is 13.1 Å². The van der Waals surface area contributed by atoms with Crippen LogP contribution in [0.2, 0.25) is 0 Å².